The summed E-state index contributed by atoms with van der Waals surface area (Å²) in [5, 5.41) is 3.14. The van der Waals surface area contributed by atoms with E-state index >= 15 is 0 Å². The van der Waals surface area contributed by atoms with Crippen LogP contribution in [-0.2, 0) is 20.0 Å². The third-order valence-corrected chi connectivity index (χ3v) is 9.75. The van der Waals surface area contributed by atoms with E-state index in [9.17, 15) is 16.8 Å². The zero-order valence-corrected chi connectivity index (χ0v) is 19.3. The molecule has 8 nitrogen and oxygen atoms in total. The summed E-state index contributed by atoms with van der Waals surface area (Å²) >= 11 is 0. The molecule has 0 atom stereocenters. The number of methoxy groups -OCH3 is 1. The maximum atomic E-state index is 13.5. The molecule has 0 aromatic heterocycles. The molecule has 2 fully saturated rings. The van der Waals surface area contributed by atoms with Gasteiger partial charge in [0.25, 0.3) is 0 Å². The van der Waals surface area contributed by atoms with E-state index in [0.29, 0.717) is 31.9 Å². The topological polar surface area (TPSA) is 96.0 Å². The molecule has 0 spiro atoms. The summed E-state index contributed by atoms with van der Waals surface area (Å²) in [5.74, 6) is 0.384. The number of sulfonamides is 2. The molecule has 170 valence electrons. The first-order valence-electron chi connectivity index (χ1n) is 10.7. The highest BCUT2D eigenvalue weighted by molar-refractivity contribution is 7.90. The van der Waals surface area contributed by atoms with Crippen molar-refractivity contribution in [2.24, 2.45) is 0 Å². The lowest BCUT2D eigenvalue weighted by Crippen LogP contribution is -2.49. The van der Waals surface area contributed by atoms with E-state index in [0.717, 1.165) is 38.5 Å². The third kappa shape index (κ3) is 5.73. The molecule has 0 bridgehead atoms. The zero-order chi connectivity index (χ0) is 21.6. The van der Waals surface area contributed by atoms with Gasteiger partial charge in [0.15, 0.2) is 0 Å². The quantitative estimate of drug-likeness (QED) is 0.594. The monoisotopic (exact) mass is 459 g/mol. The predicted molar refractivity (Wildman–Crippen MR) is 117 cm³/mol. The van der Waals surface area contributed by atoms with Crippen LogP contribution in [0.5, 0.6) is 5.75 Å². The van der Waals surface area contributed by atoms with Gasteiger partial charge in [0.05, 0.1) is 17.8 Å². The van der Waals surface area contributed by atoms with E-state index in [1.807, 2.05) is 0 Å². The summed E-state index contributed by atoms with van der Waals surface area (Å²) in [7, 11) is -5.79. The fourth-order valence-corrected chi connectivity index (χ4v) is 7.41. The summed E-state index contributed by atoms with van der Waals surface area (Å²) in [6.07, 6.45) is 5.64. The van der Waals surface area contributed by atoms with Gasteiger partial charge in [0.2, 0.25) is 20.0 Å². The van der Waals surface area contributed by atoms with E-state index in [2.05, 4.69) is 5.32 Å². The lowest BCUT2D eigenvalue weighted by atomic mass is 10.1. The highest BCUT2D eigenvalue weighted by Gasteiger charge is 2.34. The third-order valence-electron chi connectivity index (χ3n) is 5.94. The van der Waals surface area contributed by atoms with Crippen LogP contribution in [0.2, 0.25) is 0 Å². The Bertz CT molecular complexity index is 874. The predicted octanol–water partition coefficient (Wildman–Crippen LogP) is 1.64. The number of ether oxygens (including phenoxy) is 1. The van der Waals surface area contributed by atoms with Crippen LogP contribution in [-0.4, -0.2) is 77.1 Å². The van der Waals surface area contributed by atoms with Crippen LogP contribution >= 0.6 is 0 Å². The van der Waals surface area contributed by atoms with Gasteiger partial charge in [-0.1, -0.05) is 25.7 Å². The second kappa shape index (κ2) is 10.4. The Hall–Kier alpha value is -1.20. The largest absolute Gasteiger partial charge is 0.497 e. The molecule has 1 aromatic carbocycles. The second-order valence-corrected chi connectivity index (χ2v) is 11.9. The lowest BCUT2D eigenvalue weighted by molar-refractivity contribution is 0.300. The SMILES string of the molecule is COc1ccc(S(=O)(=O)N(CCS(=O)(=O)N2CCNCC2)C2CCCCCC2)cc1. The summed E-state index contributed by atoms with van der Waals surface area (Å²) in [6.45, 7) is 2.07. The molecule has 1 N–H and O–H groups in total. The van der Waals surface area contributed by atoms with E-state index in [1.165, 1.54) is 27.9 Å². The minimum Gasteiger partial charge on any atom is -0.497 e. The summed E-state index contributed by atoms with van der Waals surface area (Å²) in [6, 6.07) is 6.13. The normalized spacial score (nSPS) is 20.2. The van der Waals surface area contributed by atoms with Crippen LogP contribution in [0.3, 0.4) is 0 Å². The van der Waals surface area contributed by atoms with E-state index < -0.39 is 20.0 Å². The van der Waals surface area contributed by atoms with Crippen LogP contribution in [0.4, 0.5) is 0 Å². The van der Waals surface area contributed by atoms with E-state index in [1.54, 1.807) is 12.1 Å². The number of nitrogens with one attached hydrogen (secondary N) is 1. The molecular weight excluding hydrogens is 426 g/mol. The van der Waals surface area contributed by atoms with Crippen molar-refractivity contribution < 1.29 is 21.6 Å². The number of nitrogens with zero attached hydrogens (tertiary/aromatic N) is 2. The molecule has 1 aliphatic heterocycles. The van der Waals surface area contributed by atoms with Gasteiger partial charge in [-0.05, 0) is 37.1 Å². The Labute approximate surface area is 180 Å². The standard InChI is InChI=1S/C20H33N3O5S2/c1-28-19-8-10-20(11-9-19)30(26,27)23(18-6-4-2-3-5-7-18)16-17-29(24,25)22-14-12-21-13-15-22/h8-11,18,21H,2-7,12-17H2,1H3. The first-order chi connectivity index (χ1) is 14.3. The summed E-state index contributed by atoms with van der Waals surface area (Å²) in [5.41, 5.74) is 0. The first kappa shape index (κ1) is 23.5. The summed E-state index contributed by atoms with van der Waals surface area (Å²) < 4.78 is 60.7. The minimum absolute atomic E-state index is 0.0225. The highest BCUT2D eigenvalue weighted by atomic mass is 32.2. The van der Waals surface area contributed by atoms with Crippen LogP contribution in [0.25, 0.3) is 0 Å². The Balaban J connectivity index is 1.83. The molecule has 0 unspecified atom stereocenters. The van der Waals surface area contributed by atoms with Gasteiger partial charge in [-0.25, -0.2) is 16.8 Å². The van der Waals surface area contributed by atoms with Gasteiger partial charge in [-0.2, -0.15) is 8.61 Å². The molecule has 0 radical (unpaired) electrons. The van der Waals surface area contributed by atoms with Crippen LogP contribution in [0.15, 0.2) is 29.2 Å². The Morgan fingerprint density at radius 1 is 1.00 bits per heavy atom. The van der Waals surface area contributed by atoms with Crippen molar-refractivity contribution in [1.82, 2.24) is 13.9 Å². The van der Waals surface area contributed by atoms with Gasteiger partial charge >= 0.3 is 0 Å². The first-order valence-corrected chi connectivity index (χ1v) is 13.7. The van der Waals surface area contributed by atoms with E-state index in [-0.39, 0.29) is 23.2 Å². The molecule has 10 heteroatoms. The zero-order valence-electron chi connectivity index (χ0n) is 17.6. The molecule has 2 aliphatic rings. The molecule has 1 saturated heterocycles. The van der Waals surface area contributed by atoms with Crippen molar-refractivity contribution >= 4 is 20.0 Å². The molecule has 0 amide bonds. The van der Waals surface area contributed by atoms with Crippen molar-refractivity contribution in [2.45, 2.75) is 49.5 Å². The van der Waals surface area contributed by atoms with Gasteiger partial charge in [0, 0.05) is 38.8 Å². The van der Waals surface area contributed by atoms with E-state index in [4.69, 9.17) is 4.74 Å². The molecule has 1 heterocycles. The second-order valence-electron chi connectivity index (χ2n) is 7.90. The maximum absolute atomic E-state index is 13.5. The van der Waals surface area contributed by atoms with Crippen LogP contribution < -0.4 is 10.1 Å². The average molecular weight is 460 g/mol. The number of rotatable bonds is 8. The fourth-order valence-electron chi connectivity index (χ4n) is 4.18. The Morgan fingerprint density at radius 2 is 1.60 bits per heavy atom. The van der Waals surface area contributed by atoms with Crippen molar-refractivity contribution in [2.75, 3.05) is 45.6 Å². The van der Waals surface area contributed by atoms with Gasteiger partial charge < -0.3 is 10.1 Å². The fraction of sp³-hybridized carbons (Fsp3) is 0.700. The maximum Gasteiger partial charge on any atom is 0.243 e. The molecular formula is C20H33N3O5S2. The molecule has 30 heavy (non-hydrogen) atoms. The van der Waals surface area contributed by atoms with Crippen molar-refractivity contribution in [3.63, 3.8) is 0 Å². The lowest BCUT2D eigenvalue weighted by Gasteiger charge is -2.32. The van der Waals surface area contributed by atoms with Crippen LogP contribution in [0.1, 0.15) is 38.5 Å². The number of hydrogen-bond acceptors (Lipinski definition) is 6. The number of hydrogen-bond donors (Lipinski definition) is 1. The Morgan fingerprint density at radius 3 is 2.17 bits per heavy atom. The molecule has 1 aliphatic carbocycles. The van der Waals surface area contributed by atoms with Crippen molar-refractivity contribution in [1.29, 1.82) is 0 Å². The minimum atomic E-state index is -3.81. The number of benzene rings is 1. The van der Waals surface area contributed by atoms with Crippen molar-refractivity contribution in [3.05, 3.63) is 24.3 Å². The van der Waals surface area contributed by atoms with Crippen LogP contribution in [0, 0.1) is 0 Å². The molecule has 3 rings (SSSR count). The summed E-state index contributed by atoms with van der Waals surface area (Å²) in [4.78, 5) is 0.173. The van der Waals surface area contributed by atoms with Crippen molar-refractivity contribution in [3.8, 4) is 5.75 Å². The highest BCUT2D eigenvalue weighted by Crippen LogP contribution is 2.28. The molecule has 1 saturated carbocycles. The average Bonchev–Trinajstić information content (AvgIpc) is 3.04. The smallest absolute Gasteiger partial charge is 0.243 e. The molecule has 1 aromatic rings. The van der Waals surface area contributed by atoms with Gasteiger partial charge in [0.1, 0.15) is 5.75 Å². The van der Waals surface area contributed by atoms with Gasteiger partial charge in [-0.15, -0.1) is 0 Å². The Kier molecular flexibility index (Phi) is 8.14. The number of piperazine rings is 1. The van der Waals surface area contributed by atoms with Gasteiger partial charge in [-0.3, -0.25) is 0 Å².